The van der Waals surface area contributed by atoms with Crippen LogP contribution in [0.1, 0.15) is 25.3 Å². The average molecular weight is 382 g/mol. The predicted octanol–water partition coefficient (Wildman–Crippen LogP) is 1.03. The normalized spacial score (nSPS) is 15.2. The Kier molecular flexibility index (Phi) is 10.4. The highest BCUT2D eigenvalue weighted by Crippen LogP contribution is 2.04. The second-order valence-corrected chi connectivity index (χ2v) is 6.21. The fourth-order valence-corrected chi connectivity index (χ4v) is 2.53. The number of carboxylic acids is 1. The molecule has 1 heterocycles. The minimum absolute atomic E-state index is 0.0864. The van der Waals surface area contributed by atoms with Gasteiger partial charge in [0.05, 0.1) is 0 Å². The lowest BCUT2D eigenvalue weighted by Crippen LogP contribution is -2.52. The van der Waals surface area contributed by atoms with Gasteiger partial charge in [-0.2, -0.15) is 12.6 Å². The van der Waals surface area contributed by atoms with Crippen molar-refractivity contribution in [3.8, 4) is 0 Å². The number of benzene rings is 1. The first-order valence-corrected chi connectivity index (χ1v) is 9.10. The summed E-state index contributed by atoms with van der Waals surface area (Å²) in [5.74, 6) is -1.99. The molecule has 144 valence electrons. The Labute approximate surface area is 158 Å². The molecule has 2 unspecified atom stereocenters. The first kappa shape index (κ1) is 22.0. The highest BCUT2D eigenvalue weighted by molar-refractivity contribution is 7.80. The first-order valence-electron chi connectivity index (χ1n) is 8.46. The van der Waals surface area contributed by atoms with Gasteiger partial charge in [-0.3, -0.25) is 9.59 Å². The van der Waals surface area contributed by atoms with E-state index in [0.29, 0.717) is 0 Å². The van der Waals surface area contributed by atoms with Gasteiger partial charge in [-0.25, -0.2) is 4.79 Å². The van der Waals surface area contributed by atoms with E-state index in [1.165, 1.54) is 19.8 Å². The van der Waals surface area contributed by atoms with Gasteiger partial charge in [0, 0.05) is 32.3 Å². The molecule has 1 aliphatic heterocycles. The van der Waals surface area contributed by atoms with Gasteiger partial charge in [-0.15, -0.1) is 0 Å². The Morgan fingerprint density at radius 2 is 1.73 bits per heavy atom. The summed E-state index contributed by atoms with van der Waals surface area (Å²) in [5, 5.41) is 14.0. The summed E-state index contributed by atoms with van der Waals surface area (Å²) in [7, 11) is 0. The number of hydrogen-bond donors (Lipinski definition) is 4. The van der Waals surface area contributed by atoms with Gasteiger partial charge in [-0.1, -0.05) is 30.3 Å². The summed E-state index contributed by atoms with van der Waals surface area (Å²) in [6.07, 6.45) is 2.72. The minimum atomic E-state index is -1.13. The molecule has 26 heavy (non-hydrogen) atoms. The zero-order chi connectivity index (χ0) is 19.4. The van der Waals surface area contributed by atoms with Gasteiger partial charge in [0.1, 0.15) is 12.1 Å². The van der Waals surface area contributed by atoms with E-state index in [0.717, 1.165) is 18.8 Å². The van der Waals surface area contributed by atoms with Gasteiger partial charge in [0.15, 0.2) is 0 Å². The van der Waals surface area contributed by atoms with Gasteiger partial charge < -0.3 is 20.5 Å². The molecule has 0 bridgehead atoms. The summed E-state index contributed by atoms with van der Waals surface area (Å²) in [4.78, 5) is 34.2. The third-order valence-electron chi connectivity index (χ3n) is 3.60. The summed E-state index contributed by atoms with van der Waals surface area (Å²) in [5.41, 5.74) is 0.798. The van der Waals surface area contributed by atoms with Crippen molar-refractivity contribution in [3.05, 3.63) is 35.9 Å². The molecule has 1 fully saturated rings. The molecule has 7 nitrogen and oxygen atoms in total. The lowest BCUT2D eigenvalue weighted by molar-refractivity contribution is -0.142. The van der Waals surface area contributed by atoms with Crippen LogP contribution in [0.2, 0.25) is 0 Å². The van der Waals surface area contributed by atoms with Crippen LogP contribution in [0.4, 0.5) is 0 Å². The molecule has 0 saturated carbocycles. The van der Waals surface area contributed by atoms with Crippen LogP contribution >= 0.6 is 12.6 Å². The van der Waals surface area contributed by atoms with E-state index in [2.05, 4.69) is 23.3 Å². The van der Waals surface area contributed by atoms with Crippen LogP contribution in [0, 0.1) is 0 Å². The van der Waals surface area contributed by atoms with E-state index < -0.39 is 24.0 Å². The highest BCUT2D eigenvalue weighted by atomic mass is 32.1. The van der Waals surface area contributed by atoms with Crippen molar-refractivity contribution >= 4 is 30.4 Å². The second kappa shape index (κ2) is 12.3. The van der Waals surface area contributed by atoms with Crippen molar-refractivity contribution in [3.63, 3.8) is 0 Å². The summed E-state index contributed by atoms with van der Waals surface area (Å²) in [6, 6.07) is 7.07. The zero-order valence-corrected chi connectivity index (χ0v) is 15.7. The summed E-state index contributed by atoms with van der Waals surface area (Å²) < 4.78 is 4.94. The zero-order valence-electron chi connectivity index (χ0n) is 14.8. The molecule has 1 aromatic rings. The SMILES string of the molecule is C1CCOC1.CC(=O)NC(CS)C(=O)NC(Cc1ccccc1)C(=O)O. The van der Waals surface area contributed by atoms with Crippen molar-refractivity contribution in [2.75, 3.05) is 19.0 Å². The topological polar surface area (TPSA) is 105 Å². The van der Waals surface area contributed by atoms with E-state index in [1.807, 2.05) is 6.07 Å². The molecule has 8 heteroatoms. The third-order valence-corrected chi connectivity index (χ3v) is 3.97. The Bertz CT molecular complexity index is 571. The van der Waals surface area contributed by atoms with Crippen molar-refractivity contribution in [2.45, 2.75) is 38.3 Å². The van der Waals surface area contributed by atoms with Crippen LogP contribution in [0.5, 0.6) is 0 Å². The molecule has 1 aromatic carbocycles. The maximum Gasteiger partial charge on any atom is 0.326 e. The number of carbonyl (C=O) groups excluding carboxylic acids is 2. The van der Waals surface area contributed by atoms with Gasteiger partial charge in [0.2, 0.25) is 11.8 Å². The van der Waals surface area contributed by atoms with Crippen molar-refractivity contribution in [2.24, 2.45) is 0 Å². The van der Waals surface area contributed by atoms with Crippen LogP contribution in [0.25, 0.3) is 0 Å². The fourth-order valence-electron chi connectivity index (χ4n) is 2.27. The van der Waals surface area contributed by atoms with Crippen LogP contribution in [-0.4, -0.2) is 53.9 Å². The quantitative estimate of drug-likeness (QED) is 0.527. The molecule has 0 spiro atoms. The molecule has 2 atom stereocenters. The fraction of sp³-hybridized carbons (Fsp3) is 0.500. The number of carbonyl (C=O) groups is 3. The van der Waals surface area contributed by atoms with Crippen LogP contribution < -0.4 is 10.6 Å². The lowest BCUT2D eigenvalue weighted by atomic mass is 10.1. The maximum atomic E-state index is 12.0. The molecule has 3 N–H and O–H groups in total. The number of amides is 2. The van der Waals surface area contributed by atoms with E-state index in [1.54, 1.807) is 24.3 Å². The monoisotopic (exact) mass is 382 g/mol. The Morgan fingerprint density at radius 3 is 2.15 bits per heavy atom. The van der Waals surface area contributed by atoms with Crippen LogP contribution in [-0.2, 0) is 25.5 Å². The standard InChI is InChI=1S/C14H18N2O4S.C4H8O/c1-9(17)15-12(8-21)13(18)16-11(14(19)20)7-10-5-3-2-4-6-10;1-2-4-5-3-1/h2-6,11-12,21H,7-8H2,1H3,(H,15,17)(H,16,18)(H,19,20);1-4H2. The Balaban J connectivity index is 0.000000577. The van der Waals surface area contributed by atoms with Crippen LogP contribution in [0.3, 0.4) is 0 Å². The molecule has 2 rings (SSSR count). The number of thiol groups is 1. The molecule has 0 radical (unpaired) electrons. The average Bonchev–Trinajstić information content (AvgIpc) is 3.19. The summed E-state index contributed by atoms with van der Waals surface area (Å²) in [6.45, 7) is 3.28. The first-order chi connectivity index (χ1) is 12.4. The Hall–Kier alpha value is -2.06. The van der Waals surface area contributed by atoms with Gasteiger partial charge >= 0.3 is 5.97 Å². The number of aliphatic carboxylic acids is 1. The third kappa shape index (κ3) is 8.87. The van der Waals surface area contributed by atoms with Gasteiger partial charge in [0.25, 0.3) is 0 Å². The Morgan fingerprint density at radius 1 is 1.12 bits per heavy atom. The molecule has 1 saturated heterocycles. The molecule has 0 aromatic heterocycles. The van der Waals surface area contributed by atoms with Crippen molar-refractivity contribution in [1.82, 2.24) is 10.6 Å². The molecule has 0 aliphatic carbocycles. The number of nitrogens with one attached hydrogen (secondary N) is 2. The largest absolute Gasteiger partial charge is 0.480 e. The van der Waals surface area contributed by atoms with Crippen molar-refractivity contribution in [1.29, 1.82) is 0 Å². The number of hydrogen-bond acceptors (Lipinski definition) is 5. The highest BCUT2D eigenvalue weighted by Gasteiger charge is 2.25. The number of carboxylic acid groups (broad SMARTS) is 1. The van der Waals surface area contributed by atoms with Crippen molar-refractivity contribution < 1.29 is 24.2 Å². The predicted molar refractivity (Wildman–Crippen MR) is 101 cm³/mol. The molecule has 2 amide bonds. The molecule has 1 aliphatic rings. The number of rotatable bonds is 7. The summed E-state index contributed by atoms with van der Waals surface area (Å²) >= 11 is 3.98. The van der Waals surface area contributed by atoms with E-state index in [4.69, 9.17) is 4.74 Å². The van der Waals surface area contributed by atoms with E-state index in [-0.39, 0.29) is 18.1 Å². The smallest absolute Gasteiger partial charge is 0.326 e. The van der Waals surface area contributed by atoms with Gasteiger partial charge in [-0.05, 0) is 18.4 Å². The van der Waals surface area contributed by atoms with E-state index in [9.17, 15) is 19.5 Å². The molecular formula is C18H26N2O5S. The van der Waals surface area contributed by atoms with Crippen LogP contribution in [0.15, 0.2) is 30.3 Å². The second-order valence-electron chi connectivity index (χ2n) is 5.84. The maximum absolute atomic E-state index is 12.0. The minimum Gasteiger partial charge on any atom is -0.480 e. The van der Waals surface area contributed by atoms with E-state index >= 15 is 0 Å². The molecular weight excluding hydrogens is 356 g/mol. The lowest BCUT2D eigenvalue weighted by Gasteiger charge is -2.19. The number of ether oxygens (including phenoxy) is 1.